The average Bonchev–Trinajstić information content (AvgIpc) is 2.31. The lowest BCUT2D eigenvalue weighted by atomic mass is 10.1. The highest BCUT2D eigenvalue weighted by Gasteiger charge is 2.19. The van der Waals surface area contributed by atoms with E-state index in [0.29, 0.717) is 11.1 Å². The Morgan fingerprint density at radius 3 is 2.67 bits per heavy atom. The van der Waals surface area contributed by atoms with Crippen molar-refractivity contribution in [3.8, 4) is 5.75 Å². The van der Waals surface area contributed by atoms with Crippen LogP contribution in [0.3, 0.4) is 0 Å². The first-order chi connectivity index (χ1) is 8.45. The van der Waals surface area contributed by atoms with Gasteiger partial charge in [-0.05, 0) is 37.1 Å². The second-order valence-corrected chi connectivity index (χ2v) is 3.89. The number of aromatic hydroxyl groups is 1. The van der Waals surface area contributed by atoms with E-state index in [1.54, 1.807) is 6.92 Å². The molecular formula is C13H15NO4. The fourth-order valence-electron chi connectivity index (χ4n) is 1.43. The molecular weight excluding hydrogens is 234 g/mol. The number of hydrogen-bond donors (Lipinski definition) is 3. The molecule has 0 saturated carbocycles. The molecule has 0 radical (unpaired) electrons. The van der Waals surface area contributed by atoms with Crippen LogP contribution in [0.15, 0.2) is 30.9 Å². The Kier molecular flexibility index (Phi) is 4.48. The third-order valence-electron chi connectivity index (χ3n) is 2.46. The van der Waals surface area contributed by atoms with E-state index in [2.05, 4.69) is 11.9 Å². The topological polar surface area (TPSA) is 86.6 Å². The number of carbonyl (C=O) groups excluding carboxylic acids is 1. The van der Waals surface area contributed by atoms with E-state index in [0.717, 1.165) is 0 Å². The summed E-state index contributed by atoms with van der Waals surface area (Å²) in [5.74, 6) is -1.52. The summed E-state index contributed by atoms with van der Waals surface area (Å²) in [4.78, 5) is 22.7. The molecule has 1 amide bonds. The van der Waals surface area contributed by atoms with Gasteiger partial charge in [0, 0.05) is 5.56 Å². The highest BCUT2D eigenvalue weighted by molar-refractivity contribution is 5.96. The molecule has 18 heavy (non-hydrogen) atoms. The maximum atomic E-state index is 11.8. The standard InChI is InChI=1S/C13H15NO4/c1-3-4-10(13(17)18)14-12(16)9-5-6-11(15)8(2)7-9/h3,5-7,10,15H,1,4H2,2H3,(H,14,16)(H,17,18). The van der Waals surface area contributed by atoms with E-state index in [1.807, 2.05) is 0 Å². The molecule has 1 atom stereocenters. The molecule has 0 heterocycles. The average molecular weight is 249 g/mol. The van der Waals surface area contributed by atoms with E-state index in [4.69, 9.17) is 5.11 Å². The van der Waals surface area contributed by atoms with Crippen molar-refractivity contribution in [2.24, 2.45) is 0 Å². The van der Waals surface area contributed by atoms with Crippen LogP contribution in [0, 0.1) is 6.92 Å². The van der Waals surface area contributed by atoms with Gasteiger partial charge in [-0.15, -0.1) is 6.58 Å². The normalized spacial score (nSPS) is 11.6. The van der Waals surface area contributed by atoms with Crippen molar-refractivity contribution in [3.05, 3.63) is 42.0 Å². The molecule has 1 aromatic carbocycles. The van der Waals surface area contributed by atoms with Crippen LogP contribution in [-0.4, -0.2) is 28.1 Å². The Balaban J connectivity index is 2.83. The minimum Gasteiger partial charge on any atom is -0.508 e. The molecule has 0 bridgehead atoms. The molecule has 0 aliphatic heterocycles. The number of phenols is 1. The lowest BCUT2D eigenvalue weighted by molar-refractivity contribution is -0.139. The number of aliphatic carboxylic acids is 1. The van der Waals surface area contributed by atoms with Crippen molar-refractivity contribution >= 4 is 11.9 Å². The van der Waals surface area contributed by atoms with Crippen LogP contribution in [0.5, 0.6) is 5.75 Å². The maximum absolute atomic E-state index is 11.8. The number of carboxylic acids is 1. The molecule has 1 aromatic rings. The zero-order valence-electron chi connectivity index (χ0n) is 10.0. The number of rotatable bonds is 5. The summed E-state index contributed by atoms with van der Waals surface area (Å²) in [5.41, 5.74) is 0.860. The monoisotopic (exact) mass is 249 g/mol. The van der Waals surface area contributed by atoms with E-state index in [1.165, 1.54) is 24.3 Å². The second kappa shape index (κ2) is 5.86. The largest absolute Gasteiger partial charge is 0.508 e. The minimum absolute atomic E-state index is 0.0902. The van der Waals surface area contributed by atoms with Crippen LogP contribution in [-0.2, 0) is 4.79 Å². The fourth-order valence-corrected chi connectivity index (χ4v) is 1.43. The first-order valence-corrected chi connectivity index (χ1v) is 5.40. The van der Waals surface area contributed by atoms with Crippen molar-refractivity contribution < 1.29 is 19.8 Å². The van der Waals surface area contributed by atoms with Crippen LogP contribution < -0.4 is 5.32 Å². The van der Waals surface area contributed by atoms with E-state index in [9.17, 15) is 14.7 Å². The Hall–Kier alpha value is -2.30. The molecule has 0 aliphatic carbocycles. The molecule has 0 fully saturated rings. The predicted molar refractivity (Wildman–Crippen MR) is 66.5 cm³/mol. The number of hydrogen-bond acceptors (Lipinski definition) is 3. The van der Waals surface area contributed by atoms with Gasteiger partial charge in [-0.1, -0.05) is 6.08 Å². The molecule has 3 N–H and O–H groups in total. The van der Waals surface area contributed by atoms with Crippen molar-refractivity contribution in [1.82, 2.24) is 5.32 Å². The number of aryl methyl sites for hydroxylation is 1. The Morgan fingerprint density at radius 2 is 2.17 bits per heavy atom. The lowest BCUT2D eigenvalue weighted by Crippen LogP contribution is -2.40. The third-order valence-corrected chi connectivity index (χ3v) is 2.46. The quantitative estimate of drug-likeness (QED) is 0.689. The summed E-state index contributed by atoms with van der Waals surface area (Å²) in [6.07, 6.45) is 1.58. The zero-order chi connectivity index (χ0) is 13.7. The minimum atomic E-state index is -1.11. The smallest absolute Gasteiger partial charge is 0.326 e. The molecule has 96 valence electrons. The van der Waals surface area contributed by atoms with Gasteiger partial charge in [0.15, 0.2) is 0 Å². The van der Waals surface area contributed by atoms with Gasteiger partial charge in [0.05, 0.1) is 0 Å². The molecule has 1 unspecified atom stereocenters. The highest BCUT2D eigenvalue weighted by atomic mass is 16.4. The molecule has 1 rings (SSSR count). The van der Waals surface area contributed by atoms with Gasteiger partial charge < -0.3 is 15.5 Å². The summed E-state index contributed by atoms with van der Waals surface area (Å²) >= 11 is 0. The van der Waals surface area contributed by atoms with Gasteiger partial charge in [0.25, 0.3) is 5.91 Å². The molecule has 0 saturated heterocycles. The number of nitrogens with one attached hydrogen (secondary N) is 1. The van der Waals surface area contributed by atoms with Gasteiger partial charge in [-0.3, -0.25) is 4.79 Å². The first-order valence-electron chi connectivity index (χ1n) is 5.40. The first kappa shape index (κ1) is 13.8. The van der Waals surface area contributed by atoms with E-state index in [-0.39, 0.29) is 12.2 Å². The van der Waals surface area contributed by atoms with Crippen molar-refractivity contribution in [2.45, 2.75) is 19.4 Å². The summed E-state index contributed by atoms with van der Waals surface area (Å²) < 4.78 is 0. The zero-order valence-corrected chi connectivity index (χ0v) is 10.0. The summed E-state index contributed by atoms with van der Waals surface area (Å²) in [6.45, 7) is 5.10. The van der Waals surface area contributed by atoms with Gasteiger partial charge in [0.2, 0.25) is 0 Å². The summed E-state index contributed by atoms with van der Waals surface area (Å²) in [5, 5.41) is 20.6. The van der Waals surface area contributed by atoms with Gasteiger partial charge in [-0.2, -0.15) is 0 Å². The number of carbonyl (C=O) groups is 2. The van der Waals surface area contributed by atoms with Gasteiger partial charge in [-0.25, -0.2) is 4.79 Å². The van der Waals surface area contributed by atoms with Crippen molar-refractivity contribution in [2.75, 3.05) is 0 Å². The van der Waals surface area contributed by atoms with Crippen LogP contribution in [0.25, 0.3) is 0 Å². The molecule has 0 spiro atoms. The number of benzene rings is 1. The molecule has 0 aliphatic rings. The molecule has 5 nitrogen and oxygen atoms in total. The second-order valence-electron chi connectivity index (χ2n) is 3.89. The number of phenolic OH excluding ortho intramolecular Hbond substituents is 1. The highest BCUT2D eigenvalue weighted by Crippen LogP contribution is 2.16. The van der Waals surface area contributed by atoms with Crippen molar-refractivity contribution in [1.29, 1.82) is 0 Å². The van der Waals surface area contributed by atoms with Gasteiger partial charge >= 0.3 is 5.97 Å². The van der Waals surface area contributed by atoms with Crippen LogP contribution in [0.2, 0.25) is 0 Å². The SMILES string of the molecule is C=CCC(NC(=O)c1ccc(O)c(C)c1)C(=O)O. The fraction of sp³-hybridized carbons (Fsp3) is 0.231. The van der Waals surface area contributed by atoms with Crippen molar-refractivity contribution in [3.63, 3.8) is 0 Å². The third kappa shape index (κ3) is 3.35. The number of amides is 1. The van der Waals surface area contributed by atoms with Crippen LogP contribution in [0.1, 0.15) is 22.3 Å². The van der Waals surface area contributed by atoms with Gasteiger partial charge in [0.1, 0.15) is 11.8 Å². The predicted octanol–water partition coefficient (Wildman–Crippen LogP) is 1.46. The Labute approximate surface area is 105 Å². The number of carboxylic acid groups (broad SMARTS) is 1. The van der Waals surface area contributed by atoms with E-state index >= 15 is 0 Å². The maximum Gasteiger partial charge on any atom is 0.326 e. The molecule has 0 aromatic heterocycles. The molecule has 5 heteroatoms. The Bertz CT molecular complexity index is 482. The Morgan fingerprint density at radius 1 is 1.50 bits per heavy atom. The lowest BCUT2D eigenvalue weighted by Gasteiger charge is -2.13. The van der Waals surface area contributed by atoms with E-state index < -0.39 is 17.9 Å². The summed E-state index contributed by atoms with van der Waals surface area (Å²) in [7, 11) is 0. The summed E-state index contributed by atoms with van der Waals surface area (Å²) in [6, 6.07) is 3.33. The van der Waals surface area contributed by atoms with Crippen LogP contribution >= 0.6 is 0 Å². The van der Waals surface area contributed by atoms with Crippen LogP contribution in [0.4, 0.5) is 0 Å².